The van der Waals surface area contributed by atoms with E-state index in [1.807, 2.05) is 28.0 Å². The Kier molecular flexibility index (Phi) is 10.5. The number of benzene rings is 2. The minimum absolute atomic E-state index is 0.0115. The first-order chi connectivity index (χ1) is 30.3. The van der Waals surface area contributed by atoms with Gasteiger partial charge in [0.25, 0.3) is 0 Å². The number of nitrogens with one attached hydrogen (secondary N) is 4. The van der Waals surface area contributed by atoms with Crippen molar-refractivity contribution >= 4 is 45.5 Å². The van der Waals surface area contributed by atoms with E-state index < -0.39 is 11.6 Å². The van der Waals surface area contributed by atoms with Crippen molar-refractivity contribution in [3.63, 3.8) is 0 Å². The normalized spacial score (nSPS) is 20.4. The first-order valence-corrected chi connectivity index (χ1v) is 20.9. The average Bonchev–Trinajstić information content (AvgIpc) is 4.04. The molecule has 4 aromatic heterocycles. The van der Waals surface area contributed by atoms with Gasteiger partial charge >= 0.3 is 0 Å². The summed E-state index contributed by atoms with van der Waals surface area (Å²) >= 11 is 0. The van der Waals surface area contributed by atoms with Crippen molar-refractivity contribution in [1.29, 1.82) is 0 Å². The van der Waals surface area contributed by atoms with E-state index >= 15 is 4.39 Å². The van der Waals surface area contributed by atoms with Gasteiger partial charge in [-0.15, -0.1) is 0 Å². The van der Waals surface area contributed by atoms with Crippen LogP contribution in [0.5, 0.6) is 11.5 Å². The lowest BCUT2D eigenvalue weighted by molar-refractivity contribution is -0.132. The molecule has 4 aliphatic rings. The van der Waals surface area contributed by atoms with Crippen LogP contribution in [0.1, 0.15) is 55.0 Å². The smallest absolute Gasteiger partial charge is 0.226 e. The van der Waals surface area contributed by atoms with Crippen molar-refractivity contribution < 1.29 is 27.8 Å². The van der Waals surface area contributed by atoms with Crippen molar-refractivity contribution in [1.82, 2.24) is 39.7 Å². The Morgan fingerprint density at radius 3 is 1.87 bits per heavy atom. The summed E-state index contributed by atoms with van der Waals surface area (Å²) in [5.41, 5.74) is 3.26. The second kappa shape index (κ2) is 16.7. The lowest BCUT2D eigenvalue weighted by Crippen LogP contribution is -2.33. The van der Waals surface area contributed by atoms with Crippen LogP contribution >= 0.6 is 0 Å². The van der Waals surface area contributed by atoms with Gasteiger partial charge in [-0.3, -0.25) is 9.59 Å². The summed E-state index contributed by atoms with van der Waals surface area (Å²) < 4.78 is 40.2. The molecule has 2 amide bonds. The standard InChI is InChI=1S/C46H42F2N10O4/c47-37-7-1-2-8-39(37)61-17-3-5-29-20-36-42(53-29)50-26-52-44(36)56-32-14-16-58(24-32)46(60)34-22-33(34)28-11-12-40(38(48)19-28)62-18-4-6-30-21-35-41(54-30)49-25-51-43(35)55-31-13-15-57(23-31)45(59)27-9-10-27/h1-2,7-8,11-12,19-21,25-27,31-34H,9-10,13-18,22-24H2,(H2,49,51,54,55)(H2,50,52,53,56). The van der Waals surface area contributed by atoms with Crippen LogP contribution in [0.4, 0.5) is 20.4 Å². The highest BCUT2D eigenvalue weighted by atomic mass is 19.1. The van der Waals surface area contributed by atoms with Crippen LogP contribution in [-0.4, -0.2) is 103 Å². The zero-order chi connectivity index (χ0) is 42.2. The van der Waals surface area contributed by atoms with Gasteiger partial charge < -0.3 is 39.9 Å². The van der Waals surface area contributed by atoms with Gasteiger partial charge in [0, 0.05) is 50.1 Å². The molecule has 0 radical (unpaired) electrons. The molecule has 10 rings (SSSR count). The van der Waals surface area contributed by atoms with Gasteiger partial charge in [0.05, 0.1) is 22.2 Å². The Hall–Kier alpha value is -7.20. The second-order valence-corrected chi connectivity index (χ2v) is 16.2. The van der Waals surface area contributed by atoms with Crippen molar-refractivity contribution in [3.8, 4) is 35.2 Å². The summed E-state index contributed by atoms with van der Waals surface area (Å²) in [6.45, 7) is 2.53. The summed E-state index contributed by atoms with van der Waals surface area (Å²) in [7, 11) is 0. The van der Waals surface area contributed by atoms with E-state index in [0.29, 0.717) is 60.4 Å². The largest absolute Gasteiger partial charge is 0.478 e. The van der Waals surface area contributed by atoms with E-state index in [2.05, 4.69) is 64.2 Å². The number of carbonyl (C=O) groups excluding carboxylic acids is 2. The van der Waals surface area contributed by atoms with E-state index in [9.17, 15) is 14.0 Å². The molecule has 2 saturated carbocycles. The minimum Gasteiger partial charge on any atom is -0.478 e. The van der Waals surface area contributed by atoms with Gasteiger partial charge in [0.15, 0.2) is 23.1 Å². The summed E-state index contributed by atoms with van der Waals surface area (Å²) in [6, 6.07) is 14.9. The zero-order valence-electron chi connectivity index (χ0n) is 33.6. The molecule has 314 valence electrons. The highest BCUT2D eigenvalue weighted by molar-refractivity contribution is 5.90. The Morgan fingerprint density at radius 1 is 0.710 bits per heavy atom. The van der Waals surface area contributed by atoms with Crippen LogP contribution in [0.15, 0.2) is 67.3 Å². The lowest BCUT2D eigenvalue weighted by atomic mass is 10.1. The molecule has 4 fully saturated rings. The quantitative estimate of drug-likeness (QED) is 0.121. The van der Waals surface area contributed by atoms with Crippen molar-refractivity contribution in [3.05, 3.63) is 95.8 Å². The fourth-order valence-electron chi connectivity index (χ4n) is 8.36. The number of nitrogens with zero attached hydrogens (tertiary/aromatic N) is 6. The molecule has 16 heteroatoms. The third kappa shape index (κ3) is 8.41. The molecule has 4 N–H and O–H groups in total. The van der Waals surface area contributed by atoms with E-state index in [1.54, 1.807) is 24.3 Å². The third-order valence-corrected chi connectivity index (χ3v) is 11.8. The number of rotatable bonds is 11. The number of aromatic amines is 2. The van der Waals surface area contributed by atoms with Gasteiger partial charge in [0.1, 0.15) is 48.8 Å². The molecule has 6 heterocycles. The van der Waals surface area contributed by atoms with Gasteiger partial charge in [0.2, 0.25) is 11.8 Å². The summed E-state index contributed by atoms with van der Waals surface area (Å²) in [5.74, 6) is 12.8. The number of fused-ring (bicyclic) bond motifs is 2. The Balaban J connectivity index is 0.694. The number of halogens is 2. The fourth-order valence-corrected chi connectivity index (χ4v) is 8.36. The zero-order valence-corrected chi connectivity index (χ0v) is 33.6. The maximum absolute atomic E-state index is 15.2. The second-order valence-electron chi connectivity index (χ2n) is 16.2. The molecule has 2 saturated heterocycles. The van der Waals surface area contributed by atoms with E-state index in [4.69, 9.17) is 9.47 Å². The van der Waals surface area contributed by atoms with E-state index in [0.717, 1.165) is 48.6 Å². The van der Waals surface area contributed by atoms with Crippen molar-refractivity contribution in [2.45, 2.75) is 50.1 Å². The number of hydrogen-bond acceptors (Lipinski definition) is 10. The van der Waals surface area contributed by atoms with Gasteiger partial charge in [-0.1, -0.05) is 30.0 Å². The third-order valence-electron chi connectivity index (χ3n) is 11.8. The number of anilines is 2. The number of para-hydroxylation sites is 1. The van der Waals surface area contributed by atoms with Crippen LogP contribution < -0.4 is 20.1 Å². The number of amides is 2. The Labute approximate surface area is 355 Å². The average molecular weight is 837 g/mol. The summed E-state index contributed by atoms with van der Waals surface area (Å²) in [4.78, 5) is 53.8. The minimum atomic E-state index is -0.500. The maximum Gasteiger partial charge on any atom is 0.226 e. The number of likely N-dealkylation sites (tertiary alicyclic amines) is 2. The molecular weight excluding hydrogens is 795 g/mol. The highest BCUT2D eigenvalue weighted by Crippen LogP contribution is 2.49. The molecule has 4 atom stereocenters. The predicted octanol–water partition coefficient (Wildman–Crippen LogP) is 5.61. The highest BCUT2D eigenvalue weighted by Gasteiger charge is 2.47. The molecule has 2 aliphatic carbocycles. The number of aromatic nitrogens is 6. The summed E-state index contributed by atoms with van der Waals surface area (Å²) in [6.07, 6.45) is 7.22. The summed E-state index contributed by atoms with van der Waals surface area (Å²) in [5, 5.41) is 8.53. The van der Waals surface area contributed by atoms with E-state index in [1.165, 1.54) is 24.8 Å². The van der Waals surface area contributed by atoms with Crippen LogP contribution in [0.3, 0.4) is 0 Å². The first-order valence-electron chi connectivity index (χ1n) is 20.9. The molecule has 62 heavy (non-hydrogen) atoms. The fraction of sp³-hybridized carbons (Fsp3) is 0.348. The Morgan fingerprint density at radius 2 is 1.29 bits per heavy atom. The van der Waals surface area contributed by atoms with Crippen LogP contribution in [0, 0.1) is 47.2 Å². The molecule has 0 spiro atoms. The molecular formula is C46H42F2N10O4. The number of hydrogen-bond donors (Lipinski definition) is 4. The topological polar surface area (TPSA) is 166 Å². The van der Waals surface area contributed by atoms with Crippen LogP contribution in [-0.2, 0) is 9.59 Å². The van der Waals surface area contributed by atoms with Crippen molar-refractivity contribution in [2.24, 2.45) is 11.8 Å². The van der Waals surface area contributed by atoms with Gasteiger partial charge in [-0.2, -0.15) is 0 Å². The molecule has 14 nitrogen and oxygen atoms in total. The van der Waals surface area contributed by atoms with Crippen LogP contribution in [0.2, 0.25) is 0 Å². The number of H-pyrrole nitrogens is 2. The molecule has 0 bridgehead atoms. The van der Waals surface area contributed by atoms with Gasteiger partial charge in [-0.25, -0.2) is 28.7 Å². The van der Waals surface area contributed by atoms with E-state index in [-0.39, 0.29) is 66.4 Å². The number of ether oxygens (including phenoxy) is 2. The molecule has 2 aromatic carbocycles. The van der Waals surface area contributed by atoms with Crippen LogP contribution in [0.25, 0.3) is 22.1 Å². The molecule has 6 aromatic rings. The molecule has 4 unspecified atom stereocenters. The van der Waals surface area contributed by atoms with Crippen molar-refractivity contribution in [2.75, 3.05) is 50.0 Å². The Bertz CT molecular complexity index is 2820. The number of carbonyl (C=O) groups is 2. The SMILES string of the molecule is O=C(C1CC1)N1CCC(Nc2ncnc3[nH]c(C#CCOc4ccc(C5CC5C(=O)N5CCC(Nc6ncnc7[nH]c(C#CCOc8ccccc8F)cc67)C5)cc4F)cc23)C1. The first kappa shape index (κ1) is 39.0. The predicted molar refractivity (Wildman–Crippen MR) is 226 cm³/mol. The molecule has 2 aliphatic heterocycles. The maximum atomic E-state index is 15.2. The van der Waals surface area contributed by atoms with Gasteiger partial charge in [-0.05, 0) is 91.8 Å². The monoisotopic (exact) mass is 836 g/mol. The lowest BCUT2D eigenvalue weighted by Gasteiger charge is -2.18.